The molecule has 1 aromatic carbocycles. The number of nitriles is 1. The number of carbonyl (C=O) groups excluding carboxylic acids is 1. The average molecular weight is 222 g/mol. The molecule has 0 saturated heterocycles. The Bertz CT molecular complexity index is 426. The highest BCUT2D eigenvalue weighted by atomic mass is 19.1. The summed E-state index contributed by atoms with van der Waals surface area (Å²) >= 11 is 0. The number of esters is 1. The van der Waals surface area contributed by atoms with Gasteiger partial charge in [-0.05, 0) is 25.1 Å². The Balaban J connectivity index is 2.62. The van der Waals surface area contributed by atoms with Crippen molar-refractivity contribution in [1.82, 2.24) is 0 Å². The van der Waals surface area contributed by atoms with Crippen LogP contribution in [0.4, 0.5) is 10.1 Å². The van der Waals surface area contributed by atoms with Crippen LogP contribution in [0.25, 0.3) is 0 Å². The maximum absolute atomic E-state index is 12.9. The smallest absolute Gasteiger partial charge is 0.325 e. The number of hydrogen-bond donors (Lipinski definition) is 1. The summed E-state index contributed by atoms with van der Waals surface area (Å²) in [5.74, 6) is -0.977. The molecule has 0 aliphatic carbocycles. The molecule has 0 aromatic heterocycles. The van der Waals surface area contributed by atoms with E-state index in [-0.39, 0.29) is 12.1 Å². The lowest BCUT2D eigenvalue weighted by Crippen LogP contribution is -2.16. The van der Waals surface area contributed by atoms with Crippen LogP contribution in [0.2, 0.25) is 0 Å². The molecule has 1 N–H and O–H groups in total. The van der Waals surface area contributed by atoms with Crippen LogP contribution < -0.4 is 5.32 Å². The summed E-state index contributed by atoms with van der Waals surface area (Å²) in [5.41, 5.74) is 0.444. The van der Waals surface area contributed by atoms with Gasteiger partial charge in [0, 0.05) is 5.69 Å². The van der Waals surface area contributed by atoms with Gasteiger partial charge in [-0.3, -0.25) is 4.79 Å². The van der Waals surface area contributed by atoms with Crippen molar-refractivity contribution in [3.63, 3.8) is 0 Å². The van der Waals surface area contributed by atoms with Crippen LogP contribution >= 0.6 is 0 Å². The van der Waals surface area contributed by atoms with E-state index in [9.17, 15) is 9.18 Å². The lowest BCUT2D eigenvalue weighted by atomic mass is 10.2. The minimum absolute atomic E-state index is 0.00958. The number of benzene rings is 1. The molecule has 0 heterocycles. The Morgan fingerprint density at radius 1 is 1.62 bits per heavy atom. The fraction of sp³-hybridized carbons (Fsp3) is 0.273. The molecule has 0 spiro atoms. The molecule has 84 valence electrons. The van der Waals surface area contributed by atoms with E-state index >= 15 is 0 Å². The van der Waals surface area contributed by atoms with Crippen molar-refractivity contribution in [2.45, 2.75) is 6.92 Å². The zero-order chi connectivity index (χ0) is 12.0. The molecule has 0 bridgehead atoms. The van der Waals surface area contributed by atoms with E-state index < -0.39 is 11.8 Å². The molecule has 1 rings (SSSR count). The Kier molecular flexibility index (Phi) is 4.28. The first-order valence-corrected chi connectivity index (χ1v) is 4.76. The van der Waals surface area contributed by atoms with Crippen molar-refractivity contribution in [1.29, 1.82) is 5.26 Å². The van der Waals surface area contributed by atoms with Gasteiger partial charge in [0.1, 0.15) is 18.4 Å². The summed E-state index contributed by atoms with van der Waals surface area (Å²) in [7, 11) is 0. The summed E-state index contributed by atoms with van der Waals surface area (Å²) in [4.78, 5) is 11.0. The van der Waals surface area contributed by atoms with E-state index in [1.54, 1.807) is 13.0 Å². The predicted octanol–water partition coefficient (Wildman–Crippen LogP) is 1.67. The first-order valence-electron chi connectivity index (χ1n) is 4.76. The van der Waals surface area contributed by atoms with Crippen LogP contribution in [0.15, 0.2) is 18.2 Å². The summed E-state index contributed by atoms with van der Waals surface area (Å²) < 4.78 is 17.7. The van der Waals surface area contributed by atoms with Crippen molar-refractivity contribution in [3.05, 3.63) is 29.6 Å². The van der Waals surface area contributed by atoms with E-state index in [1.807, 2.05) is 0 Å². The minimum Gasteiger partial charge on any atom is -0.465 e. The largest absolute Gasteiger partial charge is 0.465 e. The second-order valence-corrected chi connectivity index (χ2v) is 2.97. The second kappa shape index (κ2) is 5.71. The number of hydrogen-bond acceptors (Lipinski definition) is 4. The van der Waals surface area contributed by atoms with Crippen LogP contribution in [-0.4, -0.2) is 19.1 Å². The highest BCUT2D eigenvalue weighted by molar-refractivity contribution is 5.75. The Morgan fingerprint density at radius 2 is 2.38 bits per heavy atom. The molecule has 0 amide bonds. The summed E-state index contributed by atoms with van der Waals surface area (Å²) in [5, 5.41) is 11.3. The number of halogens is 1. The molecular formula is C11H11FN2O2. The van der Waals surface area contributed by atoms with Gasteiger partial charge in [0.15, 0.2) is 0 Å². The number of rotatable bonds is 4. The zero-order valence-corrected chi connectivity index (χ0v) is 8.79. The van der Waals surface area contributed by atoms with Gasteiger partial charge in [-0.25, -0.2) is 4.39 Å². The molecular weight excluding hydrogens is 211 g/mol. The number of nitrogens with zero attached hydrogens (tertiary/aromatic N) is 1. The normalized spacial score (nSPS) is 9.31. The third-order valence-corrected chi connectivity index (χ3v) is 1.83. The fourth-order valence-corrected chi connectivity index (χ4v) is 1.11. The van der Waals surface area contributed by atoms with E-state index in [0.717, 1.165) is 0 Å². The van der Waals surface area contributed by atoms with E-state index in [4.69, 9.17) is 10.00 Å². The van der Waals surface area contributed by atoms with Gasteiger partial charge in [0.2, 0.25) is 0 Å². The van der Waals surface area contributed by atoms with Crippen molar-refractivity contribution in [2.75, 3.05) is 18.5 Å². The zero-order valence-electron chi connectivity index (χ0n) is 8.79. The van der Waals surface area contributed by atoms with Gasteiger partial charge >= 0.3 is 5.97 Å². The van der Waals surface area contributed by atoms with Crippen LogP contribution in [0.5, 0.6) is 0 Å². The number of nitrogens with one attached hydrogen (secondary N) is 1. The molecule has 0 unspecified atom stereocenters. The fourth-order valence-electron chi connectivity index (χ4n) is 1.11. The lowest BCUT2D eigenvalue weighted by molar-refractivity contribution is -0.140. The number of carbonyl (C=O) groups is 1. The Hall–Kier alpha value is -2.09. The van der Waals surface area contributed by atoms with Crippen molar-refractivity contribution < 1.29 is 13.9 Å². The second-order valence-electron chi connectivity index (χ2n) is 2.97. The maximum Gasteiger partial charge on any atom is 0.325 e. The average Bonchev–Trinajstić information content (AvgIpc) is 2.28. The highest BCUT2D eigenvalue weighted by Crippen LogP contribution is 2.13. The van der Waals surface area contributed by atoms with Gasteiger partial charge in [-0.15, -0.1) is 0 Å². The molecule has 0 saturated carbocycles. The third-order valence-electron chi connectivity index (χ3n) is 1.83. The van der Waals surface area contributed by atoms with Gasteiger partial charge in [0.05, 0.1) is 12.2 Å². The quantitative estimate of drug-likeness (QED) is 0.787. The molecule has 0 radical (unpaired) electrons. The number of anilines is 1. The van der Waals surface area contributed by atoms with Crippen LogP contribution in [-0.2, 0) is 9.53 Å². The van der Waals surface area contributed by atoms with Crippen molar-refractivity contribution >= 4 is 11.7 Å². The predicted molar refractivity (Wildman–Crippen MR) is 56.2 cm³/mol. The van der Waals surface area contributed by atoms with Gasteiger partial charge in [-0.2, -0.15) is 5.26 Å². The third kappa shape index (κ3) is 3.24. The first kappa shape index (κ1) is 12.0. The molecule has 16 heavy (non-hydrogen) atoms. The van der Waals surface area contributed by atoms with E-state index in [2.05, 4.69) is 5.32 Å². The molecule has 1 aromatic rings. The first-order chi connectivity index (χ1) is 7.67. The van der Waals surface area contributed by atoms with Crippen LogP contribution in [0.3, 0.4) is 0 Å². The van der Waals surface area contributed by atoms with Crippen molar-refractivity contribution in [2.24, 2.45) is 0 Å². The van der Waals surface area contributed by atoms with Crippen LogP contribution in [0, 0.1) is 17.1 Å². The van der Waals surface area contributed by atoms with Crippen molar-refractivity contribution in [3.8, 4) is 6.07 Å². The number of ether oxygens (including phenoxy) is 1. The minimum atomic E-state index is -0.579. The van der Waals surface area contributed by atoms with Crippen LogP contribution in [0.1, 0.15) is 12.5 Å². The van der Waals surface area contributed by atoms with E-state index in [1.165, 1.54) is 18.2 Å². The molecule has 5 heteroatoms. The standard InChI is InChI=1S/C11H11FN2O2/c1-2-16-11(15)7-14-9-3-4-10(12)8(5-9)6-13/h3-5,14H,2,7H2,1H3. The SMILES string of the molecule is CCOC(=O)CNc1ccc(F)c(C#N)c1. The molecule has 0 aliphatic heterocycles. The highest BCUT2D eigenvalue weighted by Gasteiger charge is 2.04. The topological polar surface area (TPSA) is 62.1 Å². The molecule has 0 atom stereocenters. The van der Waals surface area contributed by atoms with E-state index in [0.29, 0.717) is 12.3 Å². The summed E-state index contributed by atoms with van der Waals surface area (Å²) in [6.45, 7) is 2.02. The summed E-state index contributed by atoms with van der Waals surface area (Å²) in [6.07, 6.45) is 0. The van der Waals surface area contributed by atoms with Gasteiger partial charge in [-0.1, -0.05) is 0 Å². The maximum atomic E-state index is 12.9. The molecule has 4 nitrogen and oxygen atoms in total. The summed E-state index contributed by atoms with van der Waals surface area (Å²) in [6, 6.07) is 5.69. The molecule has 0 aliphatic rings. The molecule has 0 fully saturated rings. The monoisotopic (exact) mass is 222 g/mol. The van der Waals surface area contributed by atoms with Gasteiger partial charge < -0.3 is 10.1 Å². The van der Waals surface area contributed by atoms with Gasteiger partial charge in [0.25, 0.3) is 0 Å². The Labute approximate surface area is 92.6 Å². The lowest BCUT2D eigenvalue weighted by Gasteiger charge is -2.06. The Morgan fingerprint density at radius 3 is 3.00 bits per heavy atom.